The topological polar surface area (TPSA) is 49.3 Å². The molecule has 0 radical (unpaired) electrons. The summed E-state index contributed by atoms with van der Waals surface area (Å²) >= 11 is 0. The highest BCUT2D eigenvalue weighted by atomic mass is 16.4. The molecule has 2 N–H and O–H groups in total. The van der Waals surface area contributed by atoms with Crippen LogP contribution in [0, 0.1) is 5.41 Å². The first-order valence-electron chi connectivity index (χ1n) is 8.17. The molecule has 1 spiro atoms. The van der Waals surface area contributed by atoms with Gasteiger partial charge in [0.15, 0.2) is 0 Å². The predicted molar refractivity (Wildman–Crippen MR) is 83.2 cm³/mol. The quantitative estimate of drug-likeness (QED) is 0.808. The Bertz CT molecular complexity index is 473. The lowest BCUT2D eigenvalue weighted by atomic mass is 9.54. The maximum atomic E-state index is 10.9. The van der Waals surface area contributed by atoms with Gasteiger partial charge >= 0.3 is 5.97 Å². The molecule has 2 fully saturated rings. The maximum Gasteiger partial charge on any atom is 0.303 e. The smallest absolute Gasteiger partial charge is 0.303 e. The first-order chi connectivity index (χ1) is 10.2. The Hall–Kier alpha value is -1.35. The molecule has 114 valence electrons. The summed E-state index contributed by atoms with van der Waals surface area (Å²) < 4.78 is 0. The predicted octanol–water partition coefficient (Wildman–Crippen LogP) is 3.38. The van der Waals surface area contributed by atoms with Gasteiger partial charge < -0.3 is 10.4 Å². The molecule has 0 aromatic heterocycles. The van der Waals surface area contributed by atoms with Crippen molar-refractivity contribution in [3.05, 3.63) is 35.9 Å². The van der Waals surface area contributed by atoms with Crippen LogP contribution in [0.1, 0.15) is 50.5 Å². The highest BCUT2D eigenvalue weighted by molar-refractivity contribution is 5.66. The minimum absolute atomic E-state index is 0.252. The molecule has 1 unspecified atom stereocenters. The van der Waals surface area contributed by atoms with Gasteiger partial charge in [0.2, 0.25) is 0 Å². The summed E-state index contributed by atoms with van der Waals surface area (Å²) in [6, 6.07) is 11.3. The van der Waals surface area contributed by atoms with Crippen molar-refractivity contribution >= 4 is 5.97 Å². The first-order valence-corrected chi connectivity index (χ1v) is 8.17. The lowest BCUT2D eigenvalue weighted by Crippen LogP contribution is -2.55. The van der Waals surface area contributed by atoms with Crippen molar-refractivity contribution < 1.29 is 9.90 Å². The average Bonchev–Trinajstić information content (AvgIpc) is 2.38. The molecule has 1 aromatic carbocycles. The second-order valence-corrected chi connectivity index (χ2v) is 6.94. The van der Waals surface area contributed by atoms with Crippen LogP contribution in [0.25, 0.3) is 0 Å². The number of carbonyl (C=O) groups is 1. The monoisotopic (exact) mass is 287 g/mol. The van der Waals surface area contributed by atoms with Crippen molar-refractivity contribution in [3.63, 3.8) is 0 Å². The Balaban J connectivity index is 1.52. The molecule has 2 saturated carbocycles. The second kappa shape index (κ2) is 6.18. The summed E-state index contributed by atoms with van der Waals surface area (Å²) in [6.45, 7) is 0. The van der Waals surface area contributed by atoms with Crippen LogP contribution < -0.4 is 5.32 Å². The van der Waals surface area contributed by atoms with E-state index in [0.717, 1.165) is 6.42 Å². The van der Waals surface area contributed by atoms with Gasteiger partial charge in [0.1, 0.15) is 0 Å². The van der Waals surface area contributed by atoms with E-state index in [0.29, 0.717) is 17.9 Å². The van der Waals surface area contributed by atoms with Gasteiger partial charge in [0, 0.05) is 18.5 Å². The lowest BCUT2D eigenvalue weighted by Gasteiger charge is -2.55. The van der Waals surface area contributed by atoms with Crippen LogP contribution in [0.15, 0.2) is 30.3 Å². The molecule has 2 aliphatic carbocycles. The minimum Gasteiger partial charge on any atom is -0.481 e. The SMILES string of the molecule is O=C(O)CCC(Cc1ccccc1)NC1CC2(CCC2)C1. The van der Waals surface area contributed by atoms with Crippen molar-refractivity contribution in [2.75, 3.05) is 0 Å². The zero-order valence-electron chi connectivity index (χ0n) is 12.6. The highest BCUT2D eigenvalue weighted by Crippen LogP contribution is 2.55. The van der Waals surface area contributed by atoms with Gasteiger partial charge in [-0.2, -0.15) is 0 Å². The number of carboxylic acids is 1. The summed E-state index contributed by atoms with van der Waals surface area (Å²) in [5.74, 6) is -0.695. The zero-order chi connectivity index (χ0) is 14.7. The van der Waals surface area contributed by atoms with Crippen LogP contribution in [0.2, 0.25) is 0 Å². The van der Waals surface area contributed by atoms with E-state index in [1.807, 2.05) is 6.07 Å². The Morgan fingerprint density at radius 3 is 2.57 bits per heavy atom. The molecule has 3 nitrogen and oxygen atoms in total. The summed E-state index contributed by atoms with van der Waals surface area (Å²) in [7, 11) is 0. The molecule has 1 atom stereocenters. The largest absolute Gasteiger partial charge is 0.481 e. The zero-order valence-corrected chi connectivity index (χ0v) is 12.6. The maximum absolute atomic E-state index is 10.9. The molecule has 1 aromatic rings. The normalized spacial score (nSPS) is 21.5. The van der Waals surface area contributed by atoms with E-state index < -0.39 is 5.97 Å². The lowest BCUT2D eigenvalue weighted by molar-refractivity contribution is -0.137. The molecule has 3 heteroatoms. The molecule has 0 aliphatic heterocycles. The third-order valence-electron chi connectivity index (χ3n) is 5.28. The van der Waals surface area contributed by atoms with Crippen molar-refractivity contribution in [2.45, 2.75) is 63.5 Å². The second-order valence-electron chi connectivity index (χ2n) is 6.94. The van der Waals surface area contributed by atoms with Gasteiger partial charge in [-0.3, -0.25) is 4.79 Å². The summed E-state index contributed by atoms with van der Waals surface area (Å²) in [5.41, 5.74) is 1.96. The van der Waals surface area contributed by atoms with E-state index in [-0.39, 0.29) is 12.5 Å². The fourth-order valence-electron chi connectivity index (χ4n) is 3.96. The summed E-state index contributed by atoms with van der Waals surface area (Å²) in [4.78, 5) is 10.9. The van der Waals surface area contributed by atoms with Gasteiger partial charge in [-0.1, -0.05) is 36.8 Å². The van der Waals surface area contributed by atoms with Gasteiger partial charge in [-0.25, -0.2) is 0 Å². The fourth-order valence-corrected chi connectivity index (χ4v) is 3.96. The van der Waals surface area contributed by atoms with Crippen LogP contribution in [0.4, 0.5) is 0 Å². The fraction of sp³-hybridized carbons (Fsp3) is 0.611. The van der Waals surface area contributed by atoms with E-state index in [1.165, 1.54) is 37.7 Å². The van der Waals surface area contributed by atoms with E-state index in [1.54, 1.807) is 0 Å². The Kier molecular flexibility index (Phi) is 4.29. The standard InChI is InChI=1S/C18H25NO2/c20-17(21)8-7-15(11-14-5-2-1-3-6-14)19-16-12-18(13-16)9-4-10-18/h1-3,5-6,15-16,19H,4,7-13H2,(H,20,21). The van der Waals surface area contributed by atoms with E-state index >= 15 is 0 Å². The van der Waals surface area contributed by atoms with Gasteiger partial charge in [-0.05, 0) is 49.5 Å². The number of hydrogen-bond acceptors (Lipinski definition) is 2. The molecule has 0 bridgehead atoms. The minimum atomic E-state index is -0.695. The van der Waals surface area contributed by atoms with Crippen LogP contribution in [-0.4, -0.2) is 23.2 Å². The number of benzene rings is 1. The molecule has 2 aliphatic rings. The van der Waals surface area contributed by atoms with Crippen LogP contribution in [0.5, 0.6) is 0 Å². The van der Waals surface area contributed by atoms with Crippen molar-refractivity contribution in [3.8, 4) is 0 Å². The Morgan fingerprint density at radius 2 is 2.00 bits per heavy atom. The Morgan fingerprint density at radius 1 is 1.29 bits per heavy atom. The molecule has 21 heavy (non-hydrogen) atoms. The number of nitrogens with one attached hydrogen (secondary N) is 1. The third-order valence-corrected chi connectivity index (χ3v) is 5.28. The number of carboxylic acid groups (broad SMARTS) is 1. The first kappa shape index (κ1) is 14.6. The summed E-state index contributed by atoms with van der Waals surface area (Å²) in [5, 5.41) is 12.7. The van der Waals surface area contributed by atoms with E-state index in [9.17, 15) is 4.79 Å². The number of rotatable bonds is 7. The number of hydrogen-bond donors (Lipinski definition) is 2. The van der Waals surface area contributed by atoms with E-state index in [2.05, 4.69) is 29.6 Å². The van der Waals surface area contributed by atoms with Crippen LogP contribution >= 0.6 is 0 Å². The Labute approximate surface area is 126 Å². The molecular weight excluding hydrogens is 262 g/mol. The van der Waals surface area contributed by atoms with Crippen LogP contribution in [-0.2, 0) is 11.2 Å². The van der Waals surface area contributed by atoms with Crippen molar-refractivity contribution in [1.82, 2.24) is 5.32 Å². The molecule has 3 rings (SSSR count). The third kappa shape index (κ3) is 3.65. The highest BCUT2D eigenvalue weighted by Gasteiger charge is 2.48. The van der Waals surface area contributed by atoms with Gasteiger partial charge in [0.25, 0.3) is 0 Å². The number of aliphatic carboxylic acids is 1. The van der Waals surface area contributed by atoms with Crippen LogP contribution in [0.3, 0.4) is 0 Å². The molecule has 0 saturated heterocycles. The van der Waals surface area contributed by atoms with Gasteiger partial charge in [-0.15, -0.1) is 0 Å². The molecular formula is C18H25NO2. The van der Waals surface area contributed by atoms with Crippen molar-refractivity contribution in [2.24, 2.45) is 5.41 Å². The van der Waals surface area contributed by atoms with Crippen molar-refractivity contribution in [1.29, 1.82) is 0 Å². The van der Waals surface area contributed by atoms with E-state index in [4.69, 9.17) is 5.11 Å². The van der Waals surface area contributed by atoms with Gasteiger partial charge in [0.05, 0.1) is 0 Å². The average molecular weight is 287 g/mol. The molecule has 0 amide bonds. The molecule has 0 heterocycles. The summed E-state index contributed by atoms with van der Waals surface area (Å²) in [6.07, 6.45) is 8.71.